The second kappa shape index (κ2) is 14.2. The summed E-state index contributed by atoms with van der Waals surface area (Å²) in [6, 6.07) is 17.7. The van der Waals surface area contributed by atoms with E-state index in [2.05, 4.69) is 4.74 Å². The molecule has 0 spiro atoms. The van der Waals surface area contributed by atoms with Gasteiger partial charge in [-0.2, -0.15) is 13.2 Å². The predicted octanol–water partition coefficient (Wildman–Crippen LogP) is 5.62. The van der Waals surface area contributed by atoms with Gasteiger partial charge in [0, 0.05) is 12.8 Å². The molecule has 2 aromatic carbocycles. The topological polar surface area (TPSA) is 86.7 Å². The third-order valence-corrected chi connectivity index (χ3v) is 5.48. The standard InChI is InChI=1S/C14H15F3O3.C13H16O3/c1-3-11(18)13(2,14(15,16)17)12(19)20-9-10-7-5-4-6-8-10;1-3-12(14)10(2)13(15)16-9-11-7-5-4-6-8-11/h4-8H,3,9H2,1-2H3;4-8,10H,3,9H2,1-2H3. The summed E-state index contributed by atoms with van der Waals surface area (Å²) < 4.78 is 48.7. The van der Waals surface area contributed by atoms with E-state index >= 15 is 0 Å². The van der Waals surface area contributed by atoms with Crippen LogP contribution in [0.15, 0.2) is 60.7 Å². The van der Waals surface area contributed by atoms with Crippen LogP contribution in [-0.4, -0.2) is 29.7 Å². The Morgan fingerprint density at radius 1 is 0.778 bits per heavy atom. The quantitative estimate of drug-likeness (QED) is 0.306. The maximum atomic E-state index is 13.0. The zero-order valence-corrected chi connectivity index (χ0v) is 20.8. The van der Waals surface area contributed by atoms with Crippen LogP contribution in [0.3, 0.4) is 0 Å². The number of Topliss-reactive ketones (excluding diaryl/α,β-unsaturated/α-hetero) is 2. The minimum absolute atomic E-state index is 0.0851. The molecule has 36 heavy (non-hydrogen) atoms. The SMILES string of the molecule is CCC(=O)C(C)(C(=O)OCc1ccccc1)C(F)(F)F.CCC(=O)C(C)C(=O)OCc1ccccc1. The first-order chi connectivity index (χ1) is 16.9. The van der Waals surface area contributed by atoms with E-state index in [1.165, 1.54) is 6.92 Å². The van der Waals surface area contributed by atoms with E-state index in [4.69, 9.17) is 4.74 Å². The monoisotopic (exact) mass is 508 g/mol. The molecule has 0 heterocycles. The van der Waals surface area contributed by atoms with Gasteiger partial charge in [0.1, 0.15) is 24.9 Å². The zero-order chi connectivity index (χ0) is 27.4. The molecule has 2 rings (SSSR count). The van der Waals surface area contributed by atoms with Gasteiger partial charge in [0.05, 0.1) is 0 Å². The summed E-state index contributed by atoms with van der Waals surface area (Å²) in [6.45, 7) is 5.08. The van der Waals surface area contributed by atoms with Crippen LogP contribution < -0.4 is 0 Å². The molecule has 2 atom stereocenters. The highest BCUT2D eigenvalue weighted by Gasteiger charge is 2.62. The number of carbonyl (C=O) groups excluding carboxylic acids is 4. The molecule has 0 N–H and O–H groups in total. The summed E-state index contributed by atoms with van der Waals surface area (Å²) in [5.41, 5.74) is -1.64. The van der Waals surface area contributed by atoms with Gasteiger partial charge in [0.15, 0.2) is 5.78 Å². The Hall–Kier alpha value is -3.49. The highest BCUT2D eigenvalue weighted by atomic mass is 19.4. The lowest BCUT2D eigenvalue weighted by molar-refractivity contribution is -0.226. The summed E-state index contributed by atoms with van der Waals surface area (Å²) in [4.78, 5) is 46.0. The number of hydrogen-bond donors (Lipinski definition) is 0. The van der Waals surface area contributed by atoms with Gasteiger partial charge in [-0.05, 0) is 25.0 Å². The fourth-order valence-corrected chi connectivity index (χ4v) is 2.90. The number of halogens is 3. The minimum Gasteiger partial charge on any atom is -0.460 e. The molecule has 0 aliphatic carbocycles. The molecule has 0 amide bonds. The third kappa shape index (κ3) is 8.62. The Kier molecular flexibility index (Phi) is 12.0. The number of rotatable bonds is 10. The Morgan fingerprint density at radius 3 is 1.61 bits per heavy atom. The molecule has 0 saturated heterocycles. The number of alkyl halides is 3. The van der Waals surface area contributed by atoms with Crippen LogP contribution in [-0.2, 0) is 41.9 Å². The number of esters is 2. The van der Waals surface area contributed by atoms with Crippen molar-refractivity contribution in [2.45, 2.75) is 59.9 Å². The van der Waals surface area contributed by atoms with Crippen LogP contribution in [0, 0.1) is 11.3 Å². The zero-order valence-electron chi connectivity index (χ0n) is 20.8. The van der Waals surface area contributed by atoms with Crippen LogP contribution >= 0.6 is 0 Å². The molecule has 2 aromatic rings. The van der Waals surface area contributed by atoms with Crippen molar-refractivity contribution in [3.8, 4) is 0 Å². The van der Waals surface area contributed by atoms with Crippen molar-refractivity contribution >= 4 is 23.5 Å². The van der Waals surface area contributed by atoms with Crippen LogP contribution in [0.1, 0.15) is 51.7 Å². The van der Waals surface area contributed by atoms with Crippen molar-refractivity contribution in [1.29, 1.82) is 0 Å². The van der Waals surface area contributed by atoms with E-state index < -0.39 is 41.7 Å². The summed E-state index contributed by atoms with van der Waals surface area (Å²) in [6.07, 6.45) is -5.01. The molecule has 0 bridgehead atoms. The van der Waals surface area contributed by atoms with Gasteiger partial charge >= 0.3 is 18.1 Å². The number of carbonyl (C=O) groups is 4. The van der Waals surface area contributed by atoms with E-state index in [-0.39, 0.29) is 19.0 Å². The lowest BCUT2D eigenvalue weighted by Crippen LogP contribution is -2.49. The summed E-state index contributed by atoms with van der Waals surface area (Å²) in [7, 11) is 0. The fourth-order valence-electron chi connectivity index (χ4n) is 2.90. The molecule has 0 radical (unpaired) electrons. The van der Waals surface area contributed by atoms with Crippen molar-refractivity contribution in [3.63, 3.8) is 0 Å². The Balaban J connectivity index is 0.000000369. The molecule has 196 valence electrons. The molecule has 0 aliphatic rings. The van der Waals surface area contributed by atoms with Gasteiger partial charge in [-0.3, -0.25) is 19.2 Å². The van der Waals surface area contributed by atoms with Crippen LogP contribution in [0.25, 0.3) is 0 Å². The van der Waals surface area contributed by atoms with Gasteiger partial charge in [-0.1, -0.05) is 74.5 Å². The second-order valence-corrected chi connectivity index (χ2v) is 8.10. The van der Waals surface area contributed by atoms with Crippen LogP contribution in [0.4, 0.5) is 13.2 Å². The third-order valence-electron chi connectivity index (χ3n) is 5.48. The number of benzene rings is 2. The van der Waals surface area contributed by atoms with Crippen LogP contribution in [0.5, 0.6) is 0 Å². The molecular formula is C27H31F3O6. The average molecular weight is 509 g/mol. The van der Waals surface area contributed by atoms with Gasteiger partial charge in [-0.25, -0.2) is 0 Å². The van der Waals surface area contributed by atoms with Gasteiger partial charge in [0.2, 0.25) is 5.41 Å². The molecule has 2 unspecified atom stereocenters. The Morgan fingerprint density at radius 2 is 1.22 bits per heavy atom. The maximum absolute atomic E-state index is 13.0. The molecule has 6 nitrogen and oxygen atoms in total. The molecule has 0 aromatic heterocycles. The van der Waals surface area contributed by atoms with Crippen molar-refractivity contribution in [2.24, 2.45) is 11.3 Å². The lowest BCUT2D eigenvalue weighted by Gasteiger charge is -2.27. The van der Waals surface area contributed by atoms with Gasteiger partial charge in [-0.15, -0.1) is 0 Å². The first-order valence-corrected chi connectivity index (χ1v) is 11.4. The van der Waals surface area contributed by atoms with Gasteiger partial charge < -0.3 is 9.47 Å². The molecule has 9 heteroatoms. The predicted molar refractivity (Wildman–Crippen MR) is 126 cm³/mol. The lowest BCUT2D eigenvalue weighted by atomic mass is 9.83. The average Bonchev–Trinajstić information content (AvgIpc) is 2.89. The number of ketones is 2. The molecule has 0 saturated carbocycles. The smallest absolute Gasteiger partial charge is 0.411 e. The second-order valence-electron chi connectivity index (χ2n) is 8.10. The normalized spacial score (nSPS) is 13.3. The minimum atomic E-state index is -4.98. The highest BCUT2D eigenvalue weighted by Crippen LogP contribution is 2.40. The van der Waals surface area contributed by atoms with Crippen molar-refractivity contribution in [3.05, 3.63) is 71.8 Å². The van der Waals surface area contributed by atoms with Crippen molar-refractivity contribution in [2.75, 3.05) is 0 Å². The van der Waals surface area contributed by atoms with Crippen molar-refractivity contribution < 1.29 is 41.8 Å². The van der Waals surface area contributed by atoms with E-state index in [1.54, 1.807) is 44.2 Å². The summed E-state index contributed by atoms with van der Waals surface area (Å²) in [5, 5.41) is 0. The van der Waals surface area contributed by atoms with Crippen molar-refractivity contribution in [1.82, 2.24) is 0 Å². The number of hydrogen-bond acceptors (Lipinski definition) is 6. The Labute approximate surface area is 208 Å². The first-order valence-electron chi connectivity index (χ1n) is 11.4. The molecule has 0 fully saturated rings. The summed E-state index contributed by atoms with van der Waals surface area (Å²) in [5.74, 6) is -3.97. The molecular weight excluding hydrogens is 477 g/mol. The Bertz CT molecular complexity index is 1010. The largest absolute Gasteiger partial charge is 0.460 e. The van der Waals surface area contributed by atoms with E-state index in [1.807, 2.05) is 30.3 Å². The van der Waals surface area contributed by atoms with E-state index in [0.717, 1.165) is 5.56 Å². The number of ether oxygens (including phenoxy) is 2. The highest BCUT2D eigenvalue weighted by molar-refractivity contribution is 6.04. The van der Waals surface area contributed by atoms with E-state index in [9.17, 15) is 32.3 Å². The fraction of sp³-hybridized carbons (Fsp3) is 0.407. The van der Waals surface area contributed by atoms with Gasteiger partial charge in [0.25, 0.3) is 0 Å². The molecule has 0 aliphatic heterocycles. The first kappa shape index (κ1) is 30.5. The maximum Gasteiger partial charge on any atom is 0.411 e. The van der Waals surface area contributed by atoms with E-state index in [0.29, 0.717) is 18.9 Å². The van der Waals surface area contributed by atoms with Crippen LogP contribution in [0.2, 0.25) is 0 Å². The summed E-state index contributed by atoms with van der Waals surface area (Å²) >= 11 is 0.